The van der Waals surface area contributed by atoms with Gasteiger partial charge in [0, 0.05) is 7.11 Å². The van der Waals surface area contributed by atoms with Crippen LogP contribution in [-0.2, 0) is 14.3 Å². The van der Waals surface area contributed by atoms with Gasteiger partial charge in [-0.3, -0.25) is 9.59 Å². The zero-order chi connectivity index (χ0) is 13.1. The molecule has 100 valence electrons. The maximum absolute atomic E-state index is 11.5. The molecule has 6 heteroatoms. The molecular formula is C11H23N3O3. The molecular weight excluding hydrogens is 222 g/mol. The summed E-state index contributed by atoms with van der Waals surface area (Å²) < 4.78 is 5.03. The van der Waals surface area contributed by atoms with Gasteiger partial charge in [-0.1, -0.05) is 19.8 Å². The van der Waals surface area contributed by atoms with Gasteiger partial charge < -0.3 is 21.1 Å². The zero-order valence-electron chi connectivity index (χ0n) is 10.6. The summed E-state index contributed by atoms with van der Waals surface area (Å²) in [7, 11) is 1.60. The maximum Gasteiger partial charge on any atom is 0.239 e. The highest BCUT2D eigenvalue weighted by Gasteiger charge is 2.11. The Kier molecular flexibility index (Phi) is 9.37. The molecule has 1 unspecified atom stereocenters. The van der Waals surface area contributed by atoms with Crippen molar-refractivity contribution in [2.24, 2.45) is 5.73 Å². The van der Waals surface area contributed by atoms with Crippen LogP contribution >= 0.6 is 0 Å². The first kappa shape index (κ1) is 15.9. The number of ether oxygens (including phenoxy) is 1. The highest BCUT2D eigenvalue weighted by molar-refractivity contribution is 5.85. The fourth-order valence-electron chi connectivity index (χ4n) is 1.38. The lowest BCUT2D eigenvalue weighted by atomic mass is 10.1. The highest BCUT2D eigenvalue weighted by Crippen LogP contribution is 2.00. The van der Waals surface area contributed by atoms with Gasteiger partial charge in [-0.05, 0) is 6.42 Å². The molecule has 0 aliphatic heterocycles. The van der Waals surface area contributed by atoms with E-state index in [0.29, 0.717) is 6.61 Å². The van der Waals surface area contributed by atoms with Crippen LogP contribution in [0, 0.1) is 0 Å². The minimum Gasteiger partial charge on any atom is -0.383 e. The molecule has 0 rings (SSSR count). The Bertz CT molecular complexity index is 234. The van der Waals surface area contributed by atoms with Gasteiger partial charge in [-0.15, -0.1) is 0 Å². The van der Waals surface area contributed by atoms with Crippen LogP contribution < -0.4 is 16.4 Å². The number of unbranched alkanes of at least 4 members (excludes halogenated alkanes) is 1. The third-order valence-electron chi connectivity index (χ3n) is 2.27. The van der Waals surface area contributed by atoms with Crippen molar-refractivity contribution in [1.29, 1.82) is 0 Å². The SMILES string of the molecule is CCCCC(COC)NC(=O)CNC(=O)CN. The lowest BCUT2D eigenvalue weighted by Crippen LogP contribution is -2.44. The summed E-state index contributed by atoms with van der Waals surface area (Å²) in [6.07, 6.45) is 2.98. The number of rotatable bonds is 9. The normalized spacial score (nSPS) is 11.9. The minimum absolute atomic E-state index is 0.00206. The van der Waals surface area contributed by atoms with Gasteiger partial charge in [-0.25, -0.2) is 0 Å². The largest absolute Gasteiger partial charge is 0.383 e. The summed E-state index contributed by atoms with van der Waals surface area (Å²) in [4.78, 5) is 22.3. The fourth-order valence-corrected chi connectivity index (χ4v) is 1.38. The molecule has 0 saturated carbocycles. The Balaban J connectivity index is 3.89. The smallest absolute Gasteiger partial charge is 0.239 e. The first-order valence-electron chi connectivity index (χ1n) is 5.89. The van der Waals surface area contributed by atoms with Crippen LogP contribution in [0.4, 0.5) is 0 Å². The van der Waals surface area contributed by atoms with E-state index in [1.807, 2.05) is 0 Å². The van der Waals surface area contributed by atoms with Crippen molar-refractivity contribution in [1.82, 2.24) is 10.6 Å². The van der Waals surface area contributed by atoms with Crippen LogP contribution in [0.15, 0.2) is 0 Å². The molecule has 0 saturated heterocycles. The molecule has 0 heterocycles. The number of amides is 2. The Morgan fingerprint density at radius 2 is 2.06 bits per heavy atom. The van der Waals surface area contributed by atoms with E-state index in [-0.39, 0.29) is 30.9 Å². The summed E-state index contributed by atoms with van der Waals surface area (Å²) in [6.45, 7) is 2.43. The average Bonchev–Trinajstić information content (AvgIpc) is 2.33. The minimum atomic E-state index is -0.336. The average molecular weight is 245 g/mol. The molecule has 0 aromatic rings. The molecule has 0 radical (unpaired) electrons. The fraction of sp³-hybridized carbons (Fsp3) is 0.818. The van der Waals surface area contributed by atoms with E-state index in [1.54, 1.807) is 7.11 Å². The Morgan fingerprint density at radius 1 is 1.35 bits per heavy atom. The molecule has 0 aromatic heterocycles. The van der Waals surface area contributed by atoms with E-state index in [1.165, 1.54) is 0 Å². The number of nitrogens with two attached hydrogens (primary N) is 1. The number of carbonyl (C=O) groups is 2. The van der Waals surface area contributed by atoms with E-state index in [4.69, 9.17) is 10.5 Å². The van der Waals surface area contributed by atoms with Gasteiger partial charge in [0.1, 0.15) is 0 Å². The second kappa shape index (κ2) is 10.0. The van der Waals surface area contributed by atoms with E-state index in [2.05, 4.69) is 17.6 Å². The molecule has 6 nitrogen and oxygen atoms in total. The van der Waals surface area contributed by atoms with Crippen molar-refractivity contribution >= 4 is 11.8 Å². The molecule has 0 fully saturated rings. The predicted octanol–water partition coefficient (Wildman–Crippen LogP) is -0.617. The highest BCUT2D eigenvalue weighted by atomic mass is 16.5. The first-order chi connectivity index (χ1) is 8.13. The van der Waals surface area contributed by atoms with Crippen molar-refractivity contribution in [2.75, 3.05) is 26.8 Å². The molecule has 0 bridgehead atoms. The van der Waals surface area contributed by atoms with Crippen LogP contribution in [-0.4, -0.2) is 44.7 Å². The van der Waals surface area contributed by atoms with E-state index < -0.39 is 0 Å². The molecule has 0 aromatic carbocycles. The summed E-state index contributed by atoms with van der Waals surface area (Å²) in [5.74, 6) is -0.554. The first-order valence-corrected chi connectivity index (χ1v) is 5.89. The van der Waals surface area contributed by atoms with Crippen molar-refractivity contribution in [3.05, 3.63) is 0 Å². The monoisotopic (exact) mass is 245 g/mol. The lowest BCUT2D eigenvalue weighted by molar-refractivity contribution is -0.126. The van der Waals surface area contributed by atoms with E-state index in [0.717, 1.165) is 19.3 Å². The zero-order valence-corrected chi connectivity index (χ0v) is 10.6. The van der Waals surface area contributed by atoms with Gasteiger partial charge in [0.15, 0.2) is 0 Å². The summed E-state index contributed by atoms with van der Waals surface area (Å²) >= 11 is 0. The summed E-state index contributed by atoms with van der Waals surface area (Å²) in [5.41, 5.74) is 5.11. The van der Waals surface area contributed by atoms with Crippen molar-refractivity contribution in [2.45, 2.75) is 32.2 Å². The second-order valence-electron chi connectivity index (χ2n) is 3.84. The lowest BCUT2D eigenvalue weighted by Gasteiger charge is -2.17. The van der Waals surface area contributed by atoms with Crippen LogP contribution in [0.25, 0.3) is 0 Å². The Hall–Kier alpha value is -1.14. The van der Waals surface area contributed by atoms with Gasteiger partial charge in [0.25, 0.3) is 0 Å². The van der Waals surface area contributed by atoms with Crippen LogP contribution in [0.2, 0.25) is 0 Å². The maximum atomic E-state index is 11.5. The topological polar surface area (TPSA) is 93.5 Å². The third-order valence-corrected chi connectivity index (χ3v) is 2.27. The Labute approximate surface area is 102 Å². The number of carbonyl (C=O) groups excluding carboxylic acids is 2. The summed E-state index contributed by atoms with van der Waals surface area (Å²) in [5, 5.41) is 5.23. The van der Waals surface area contributed by atoms with Gasteiger partial charge in [0.05, 0.1) is 25.7 Å². The molecule has 2 amide bonds. The molecule has 0 spiro atoms. The van der Waals surface area contributed by atoms with Crippen molar-refractivity contribution in [3.63, 3.8) is 0 Å². The third kappa shape index (κ3) is 8.65. The standard InChI is InChI=1S/C11H23N3O3/c1-3-4-5-9(8-17-2)14-11(16)7-13-10(15)6-12/h9H,3-8,12H2,1-2H3,(H,13,15)(H,14,16). The van der Waals surface area contributed by atoms with Crippen LogP contribution in [0.3, 0.4) is 0 Å². The van der Waals surface area contributed by atoms with Crippen molar-refractivity contribution < 1.29 is 14.3 Å². The van der Waals surface area contributed by atoms with Crippen LogP contribution in [0.1, 0.15) is 26.2 Å². The quantitative estimate of drug-likeness (QED) is 0.505. The number of hydrogen-bond acceptors (Lipinski definition) is 4. The van der Waals surface area contributed by atoms with Gasteiger partial charge in [-0.2, -0.15) is 0 Å². The molecule has 1 atom stereocenters. The van der Waals surface area contributed by atoms with Gasteiger partial charge >= 0.3 is 0 Å². The second-order valence-corrected chi connectivity index (χ2v) is 3.84. The number of methoxy groups -OCH3 is 1. The predicted molar refractivity (Wildman–Crippen MR) is 65.4 cm³/mol. The van der Waals surface area contributed by atoms with Crippen molar-refractivity contribution in [3.8, 4) is 0 Å². The molecule has 4 N–H and O–H groups in total. The molecule has 0 aliphatic rings. The number of hydrogen-bond donors (Lipinski definition) is 3. The Morgan fingerprint density at radius 3 is 2.59 bits per heavy atom. The molecule has 0 aliphatic carbocycles. The van der Waals surface area contributed by atoms with Gasteiger partial charge in [0.2, 0.25) is 11.8 Å². The van der Waals surface area contributed by atoms with E-state index >= 15 is 0 Å². The van der Waals surface area contributed by atoms with E-state index in [9.17, 15) is 9.59 Å². The summed E-state index contributed by atoms with van der Waals surface area (Å²) in [6, 6.07) is 0.00206. The molecule has 17 heavy (non-hydrogen) atoms. The van der Waals surface area contributed by atoms with Crippen LogP contribution in [0.5, 0.6) is 0 Å². The number of nitrogens with one attached hydrogen (secondary N) is 2.